The van der Waals surface area contributed by atoms with E-state index in [2.05, 4.69) is 13.8 Å². The molecule has 4 heteroatoms. The largest absolute Gasteiger partial charge is 0.465 e. The number of esters is 2. The first-order chi connectivity index (χ1) is 13.0. The third-order valence-electron chi connectivity index (χ3n) is 4.70. The molecule has 0 aliphatic rings. The maximum absolute atomic E-state index is 13.2. The summed E-state index contributed by atoms with van der Waals surface area (Å²) in [7, 11) is 0. The molecular weight excluding hydrogens is 340 g/mol. The number of ether oxygens (including phenoxy) is 2. The van der Waals surface area contributed by atoms with Gasteiger partial charge in [-0.3, -0.25) is 9.59 Å². The summed E-state index contributed by atoms with van der Waals surface area (Å²) < 4.78 is 11.2. The van der Waals surface area contributed by atoms with Crippen molar-refractivity contribution in [3.63, 3.8) is 0 Å². The zero-order valence-electron chi connectivity index (χ0n) is 17.5. The zero-order chi connectivity index (χ0) is 20.1. The van der Waals surface area contributed by atoms with Gasteiger partial charge in [-0.25, -0.2) is 0 Å². The summed E-state index contributed by atoms with van der Waals surface area (Å²) >= 11 is 0. The van der Waals surface area contributed by atoms with Gasteiger partial charge >= 0.3 is 11.9 Å². The third-order valence-corrected chi connectivity index (χ3v) is 4.70. The van der Waals surface area contributed by atoms with Crippen LogP contribution in [-0.2, 0) is 14.3 Å². The van der Waals surface area contributed by atoms with Gasteiger partial charge in [0.25, 0.3) is 0 Å². The van der Waals surface area contributed by atoms with Crippen molar-refractivity contribution < 1.29 is 19.1 Å². The van der Waals surface area contributed by atoms with Crippen molar-refractivity contribution in [2.24, 2.45) is 11.3 Å². The Morgan fingerprint density at radius 2 is 1.44 bits per heavy atom. The molecule has 152 valence electrons. The van der Waals surface area contributed by atoms with Crippen LogP contribution in [0.25, 0.3) is 0 Å². The molecule has 0 aromatic heterocycles. The number of unbranched alkanes of at least 4 members (excludes halogenated alkanes) is 4. The van der Waals surface area contributed by atoms with Crippen LogP contribution in [0.2, 0.25) is 0 Å². The van der Waals surface area contributed by atoms with Gasteiger partial charge in [-0.15, -0.1) is 0 Å². The fourth-order valence-corrected chi connectivity index (χ4v) is 3.04. The van der Waals surface area contributed by atoms with Crippen LogP contribution in [0.4, 0.5) is 0 Å². The molecule has 0 aliphatic carbocycles. The van der Waals surface area contributed by atoms with Gasteiger partial charge in [0.05, 0.1) is 6.61 Å². The SMILES string of the molecule is CCCCCC(CCCCC)(C(=O)OCC(C)C)C(=O)Oc1ccccc1. The predicted octanol–water partition coefficient (Wildman–Crippen LogP) is 5.94. The highest BCUT2D eigenvalue weighted by Gasteiger charge is 2.48. The molecule has 1 rings (SSSR count). The van der Waals surface area contributed by atoms with Gasteiger partial charge in [-0.1, -0.05) is 84.4 Å². The minimum atomic E-state index is -1.21. The Bertz CT molecular complexity index is 541. The van der Waals surface area contributed by atoms with Crippen LogP contribution in [0.1, 0.15) is 79.1 Å². The second-order valence-corrected chi connectivity index (χ2v) is 7.69. The van der Waals surface area contributed by atoms with Gasteiger partial charge in [0.2, 0.25) is 0 Å². The predicted molar refractivity (Wildman–Crippen MR) is 109 cm³/mol. The molecule has 4 nitrogen and oxygen atoms in total. The Morgan fingerprint density at radius 3 is 1.93 bits per heavy atom. The van der Waals surface area contributed by atoms with E-state index in [1.165, 1.54) is 0 Å². The molecule has 0 N–H and O–H groups in total. The van der Waals surface area contributed by atoms with Crippen molar-refractivity contribution in [2.75, 3.05) is 6.61 Å². The van der Waals surface area contributed by atoms with E-state index in [1.807, 2.05) is 32.0 Å². The summed E-state index contributed by atoms with van der Waals surface area (Å²) in [4.78, 5) is 26.3. The number of rotatable bonds is 13. The summed E-state index contributed by atoms with van der Waals surface area (Å²) in [6, 6.07) is 8.97. The average molecular weight is 377 g/mol. The fourth-order valence-electron chi connectivity index (χ4n) is 3.04. The number of para-hydroxylation sites is 1. The summed E-state index contributed by atoms with van der Waals surface area (Å²) in [5, 5.41) is 0. The second-order valence-electron chi connectivity index (χ2n) is 7.69. The number of carbonyl (C=O) groups excluding carboxylic acids is 2. The monoisotopic (exact) mass is 376 g/mol. The lowest BCUT2D eigenvalue weighted by Crippen LogP contribution is -2.44. The average Bonchev–Trinajstić information content (AvgIpc) is 2.65. The highest BCUT2D eigenvalue weighted by atomic mass is 16.6. The van der Waals surface area contributed by atoms with Gasteiger partial charge in [0, 0.05) is 0 Å². The molecule has 0 heterocycles. The van der Waals surface area contributed by atoms with Crippen LogP contribution < -0.4 is 4.74 Å². The second kappa shape index (κ2) is 12.5. The molecule has 27 heavy (non-hydrogen) atoms. The smallest absolute Gasteiger partial charge is 0.328 e. The van der Waals surface area contributed by atoms with Crippen molar-refractivity contribution >= 4 is 11.9 Å². The molecule has 0 fully saturated rings. The van der Waals surface area contributed by atoms with Gasteiger partial charge in [0.1, 0.15) is 5.75 Å². The van der Waals surface area contributed by atoms with Crippen LogP contribution in [-0.4, -0.2) is 18.5 Å². The molecule has 0 atom stereocenters. The molecule has 0 unspecified atom stereocenters. The number of hydrogen-bond acceptors (Lipinski definition) is 4. The Balaban J connectivity index is 3.08. The van der Waals surface area contributed by atoms with Crippen molar-refractivity contribution in [3.8, 4) is 5.75 Å². The summed E-state index contributed by atoms with van der Waals surface area (Å²) in [6.07, 6.45) is 6.59. The van der Waals surface area contributed by atoms with Crippen molar-refractivity contribution in [1.82, 2.24) is 0 Å². The molecular formula is C23H36O4. The minimum absolute atomic E-state index is 0.225. The maximum atomic E-state index is 13.2. The van der Waals surface area contributed by atoms with Gasteiger partial charge in [-0.05, 0) is 30.9 Å². The first-order valence-electron chi connectivity index (χ1n) is 10.4. The minimum Gasteiger partial charge on any atom is -0.465 e. The lowest BCUT2D eigenvalue weighted by molar-refractivity contribution is -0.169. The molecule has 0 saturated carbocycles. The Morgan fingerprint density at radius 1 is 0.889 bits per heavy atom. The van der Waals surface area contributed by atoms with E-state index in [-0.39, 0.29) is 5.92 Å². The van der Waals surface area contributed by atoms with E-state index >= 15 is 0 Å². The molecule has 0 amide bonds. The number of carbonyl (C=O) groups is 2. The molecule has 0 spiro atoms. The number of hydrogen-bond donors (Lipinski definition) is 0. The van der Waals surface area contributed by atoms with Crippen LogP contribution >= 0.6 is 0 Å². The van der Waals surface area contributed by atoms with E-state index in [0.29, 0.717) is 25.2 Å². The molecule has 1 aromatic carbocycles. The number of benzene rings is 1. The molecule has 0 aliphatic heterocycles. The maximum Gasteiger partial charge on any atom is 0.328 e. The van der Waals surface area contributed by atoms with Crippen LogP contribution in [0.3, 0.4) is 0 Å². The lowest BCUT2D eigenvalue weighted by atomic mass is 9.77. The van der Waals surface area contributed by atoms with Gasteiger partial charge < -0.3 is 9.47 Å². The standard InChI is InChI=1S/C23H36O4/c1-5-7-12-16-23(17-13-8-6-2,21(24)26-18-19(3)4)22(25)27-20-14-10-9-11-15-20/h9-11,14-15,19H,5-8,12-13,16-18H2,1-4H3. The molecule has 0 radical (unpaired) electrons. The normalized spacial score (nSPS) is 11.4. The van der Waals surface area contributed by atoms with E-state index < -0.39 is 17.4 Å². The fraction of sp³-hybridized carbons (Fsp3) is 0.652. The summed E-state index contributed by atoms with van der Waals surface area (Å²) in [5.41, 5.74) is -1.21. The molecule has 0 saturated heterocycles. The molecule has 1 aromatic rings. The first kappa shape index (κ1) is 23.2. The van der Waals surface area contributed by atoms with Crippen LogP contribution in [0, 0.1) is 11.3 Å². The Labute approximate surface area is 164 Å². The zero-order valence-corrected chi connectivity index (χ0v) is 17.5. The lowest BCUT2D eigenvalue weighted by Gasteiger charge is -2.30. The Hall–Kier alpha value is -1.84. The van der Waals surface area contributed by atoms with E-state index in [1.54, 1.807) is 12.1 Å². The van der Waals surface area contributed by atoms with E-state index in [9.17, 15) is 9.59 Å². The van der Waals surface area contributed by atoms with E-state index in [4.69, 9.17) is 9.47 Å². The van der Waals surface area contributed by atoms with Crippen molar-refractivity contribution in [2.45, 2.75) is 79.1 Å². The highest BCUT2D eigenvalue weighted by molar-refractivity contribution is 6.00. The van der Waals surface area contributed by atoms with Crippen molar-refractivity contribution in [3.05, 3.63) is 30.3 Å². The van der Waals surface area contributed by atoms with Gasteiger partial charge in [-0.2, -0.15) is 0 Å². The third kappa shape index (κ3) is 7.74. The summed E-state index contributed by atoms with van der Waals surface area (Å²) in [6.45, 7) is 8.52. The molecule has 0 bridgehead atoms. The highest BCUT2D eigenvalue weighted by Crippen LogP contribution is 2.35. The first-order valence-corrected chi connectivity index (χ1v) is 10.4. The van der Waals surface area contributed by atoms with Crippen LogP contribution in [0.15, 0.2) is 30.3 Å². The Kier molecular flexibility index (Phi) is 10.8. The van der Waals surface area contributed by atoms with Crippen LogP contribution in [0.5, 0.6) is 5.75 Å². The topological polar surface area (TPSA) is 52.6 Å². The quantitative estimate of drug-likeness (QED) is 0.185. The van der Waals surface area contributed by atoms with Crippen molar-refractivity contribution in [1.29, 1.82) is 0 Å². The van der Waals surface area contributed by atoms with E-state index in [0.717, 1.165) is 38.5 Å². The summed E-state index contributed by atoms with van der Waals surface area (Å²) in [5.74, 6) is -0.211. The van der Waals surface area contributed by atoms with Gasteiger partial charge in [0.15, 0.2) is 5.41 Å².